The molecule has 2 aromatic rings. The Bertz CT molecular complexity index is 666. The summed E-state index contributed by atoms with van der Waals surface area (Å²) in [7, 11) is 0. The van der Waals surface area contributed by atoms with E-state index in [1.165, 1.54) is 5.56 Å². The lowest BCUT2D eigenvalue weighted by Crippen LogP contribution is -2.37. The second kappa shape index (κ2) is 9.97. The molecule has 0 unspecified atom stereocenters. The number of thioether (sulfide) groups is 1. The third-order valence-corrected chi connectivity index (χ3v) is 4.99. The minimum Gasteiger partial charge on any atom is -0.481 e. The van der Waals surface area contributed by atoms with E-state index in [1.54, 1.807) is 18.7 Å². The molecule has 0 bridgehead atoms. The number of benzene rings is 2. The molecule has 128 valence electrons. The van der Waals surface area contributed by atoms with E-state index in [0.717, 1.165) is 21.0 Å². The summed E-state index contributed by atoms with van der Waals surface area (Å²) in [5, 5.41) is 3.64. The van der Waals surface area contributed by atoms with Crippen molar-refractivity contribution in [3.8, 4) is 5.75 Å². The monoisotopic (exact) mass is 427 g/mol. The fourth-order valence-corrected chi connectivity index (χ4v) is 3.26. The highest BCUT2D eigenvalue weighted by molar-refractivity contribution is 9.10. The van der Waals surface area contributed by atoms with E-state index in [0.29, 0.717) is 12.3 Å². The maximum atomic E-state index is 12.0. The number of carbonyl (C=O) groups excluding carboxylic acids is 1. The number of halogens is 2. The standard InChI is InChI=1S/C18H19BrClNO2S/c1-13(23-17-7-5-15(19)6-8-17)18(22)21-9-10-24-12-14-3-2-4-16(20)11-14/h2-8,11,13H,9-10,12H2,1H3,(H,21,22)/t13-/m0/s1. The van der Waals surface area contributed by atoms with Crippen molar-refractivity contribution in [2.75, 3.05) is 12.3 Å². The SMILES string of the molecule is C[C@H](Oc1ccc(Br)cc1)C(=O)NCCSCc1cccc(Cl)c1. The first kappa shape index (κ1) is 19.2. The van der Waals surface area contributed by atoms with Crippen LogP contribution in [0.3, 0.4) is 0 Å². The molecule has 0 fully saturated rings. The largest absolute Gasteiger partial charge is 0.481 e. The van der Waals surface area contributed by atoms with Crippen LogP contribution in [-0.2, 0) is 10.5 Å². The Morgan fingerprint density at radius 1 is 1.29 bits per heavy atom. The molecule has 2 aromatic carbocycles. The molecule has 1 amide bonds. The highest BCUT2D eigenvalue weighted by atomic mass is 79.9. The topological polar surface area (TPSA) is 38.3 Å². The number of amides is 1. The average Bonchev–Trinajstić information content (AvgIpc) is 2.56. The van der Waals surface area contributed by atoms with Crippen LogP contribution in [0, 0.1) is 0 Å². The van der Waals surface area contributed by atoms with Gasteiger partial charge in [0.25, 0.3) is 5.91 Å². The van der Waals surface area contributed by atoms with Gasteiger partial charge in [0.1, 0.15) is 5.75 Å². The molecule has 0 aliphatic rings. The molecule has 6 heteroatoms. The molecule has 0 heterocycles. The lowest BCUT2D eigenvalue weighted by Gasteiger charge is -2.14. The summed E-state index contributed by atoms with van der Waals surface area (Å²) in [6.07, 6.45) is -0.524. The first-order chi connectivity index (χ1) is 11.5. The highest BCUT2D eigenvalue weighted by Crippen LogP contribution is 2.18. The van der Waals surface area contributed by atoms with Crippen LogP contribution in [0.1, 0.15) is 12.5 Å². The molecule has 0 saturated carbocycles. The molecule has 3 nitrogen and oxygen atoms in total. The van der Waals surface area contributed by atoms with Crippen molar-refractivity contribution >= 4 is 45.2 Å². The molecular weight excluding hydrogens is 410 g/mol. The Morgan fingerprint density at radius 2 is 2.04 bits per heavy atom. The van der Waals surface area contributed by atoms with E-state index in [4.69, 9.17) is 16.3 Å². The minimum atomic E-state index is -0.524. The summed E-state index contributed by atoms with van der Waals surface area (Å²) in [5.74, 6) is 2.28. The van der Waals surface area contributed by atoms with Crippen molar-refractivity contribution in [1.29, 1.82) is 0 Å². The fourth-order valence-electron chi connectivity index (χ4n) is 1.98. The maximum absolute atomic E-state index is 12.0. The summed E-state index contributed by atoms with van der Waals surface area (Å²) in [4.78, 5) is 12.0. The molecular formula is C18H19BrClNO2S. The molecule has 0 radical (unpaired) electrons. The zero-order valence-corrected chi connectivity index (χ0v) is 16.5. The van der Waals surface area contributed by atoms with Crippen molar-refractivity contribution in [2.45, 2.75) is 18.8 Å². The van der Waals surface area contributed by atoms with E-state index in [-0.39, 0.29) is 5.91 Å². The number of hydrogen-bond acceptors (Lipinski definition) is 3. The summed E-state index contributed by atoms with van der Waals surface area (Å²) in [5.41, 5.74) is 1.19. The molecule has 2 rings (SSSR count). The lowest BCUT2D eigenvalue weighted by molar-refractivity contribution is -0.127. The van der Waals surface area contributed by atoms with Crippen molar-refractivity contribution in [2.24, 2.45) is 0 Å². The van der Waals surface area contributed by atoms with Crippen molar-refractivity contribution < 1.29 is 9.53 Å². The third-order valence-electron chi connectivity index (χ3n) is 3.20. The smallest absolute Gasteiger partial charge is 0.260 e. The maximum Gasteiger partial charge on any atom is 0.260 e. The van der Waals surface area contributed by atoms with Gasteiger partial charge in [-0.3, -0.25) is 4.79 Å². The fraction of sp³-hybridized carbons (Fsp3) is 0.278. The van der Waals surface area contributed by atoms with Gasteiger partial charge in [-0.2, -0.15) is 11.8 Å². The molecule has 24 heavy (non-hydrogen) atoms. The Kier molecular flexibility index (Phi) is 7.95. The Balaban J connectivity index is 1.64. The summed E-state index contributed by atoms with van der Waals surface area (Å²) < 4.78 is 6.59. The molecule has 0 aliphatic heterocycles. The summed E-state index contributed by atoms with van der Waals surface area (Å²) >= 11 is 11.1. The van der Waals surface area contributed by atoms with E-state index < -0.39 is 6.10 Å². The van der Waals surface area contributed by atoms with Crippen molar-refractivity contribution in [3.63, 3.8) is 0 Å². The predicted molar refractivity (Wildman–Crippen MR) is 105 cm³/mol. The molecule has 0 aliphatic carbocycles. The van der Waals surface area contributed by atoms with Crippen LogP contribution in [0.2, 0.25) is 5.02 Å². The van der Waals surface area contributed by atoms with Crippen LogP contribution in [0.4, 0.5) is 0 Å². The van der Waals surface area contributed by atoms with Crippen LogP contribution < -0.4 is 10.1 Å². The quantitative estimate of drug-likeness (QED) is 0.607. The van der Waals surface area contributed by atoms with Crippen LogP contribution >= 0.6 is 39.3 Å². The van der Waals surface area contributed by atoms with E-state index in [2.05, 4.69) is 21.2 Å². The Hall–Kier alpha value is -1.17. The second-order valence-electron chi connectivity index (χ2n) is 5.19. The predicted octanol–water partition coefficient (Wildman–Crippen LogP) is 4.92. The van der Waals surface area contributed by atoms with Crippen LogP contribution in [0.15, 0.2) is 53.0 Å². The Morgan fingerprint density at radius 3 is 2.75 bits per heavy atom. The van der Waals surface area contributed by atoms with Crippen LogP contribution in [0.25, 0.3) is 0 Å². The van der Waals surface area contributed by atoms with Gasteiger partial charge < -0.3 is 10.1 Å². The van der Waals surface area contributed by atoms with Gasteiger partial charge in [-0.05, 0) is 48.9 Å². The lowest BCUT2D eigenvalue weighted by atomic mass is 10.2. The van der Waals surface area contributed by atoms with Gasteiger partial charge in [0, 0.05) is 27.5 Å². The second-order valence-corrected chi connectivity index (χ2v) is 7.64. The summed E-state index contributed by atoms with van der Waals surface area (Å²) in [6, 6.07) is 15.2. The number of nitrogens with one attached hydrogen (secondary N) is 1. The third kappa shape index (κ3) is 6.75. The summed E-state index contributed by atoms with van der Waals surface area (Å²) in [6.45, 7) is 2.36. The van der Waals surface area contributed by atoms with Crippen LogP contribution in [-0.4, -0.2) is 24.3 Å². The molecule has 1 N–H and O–H groups in total. The Labute approximate surface area is 160 Å². The first-order valence-corrected chi connectivity index (χ1v) is 9.89. The van der Waals surface area contributed by atoms with Gasteiger partial charge in [0.05, 0.1) is 0 Å². The highest BCUT2D eigenvalue weighted by Gasteiger charge is 2.13. The molecule has 0 saturated heterocycles. The number of rotatable bonds is 8. The van der Waals surface area contributed by atoms with Gasteiger partial charge in [0.2, 0.25) is 0 Å². The van der Waals surface area contributed by atoms with Gasteiger partial charge >= 0.3 is 0 Å². The van der Waals surface area contributed by atoms with Gasteiger partial charge in [0.15, 0.2) is 6.10 Å². The number of carbonyl (C=O) groups is 1. The minimum absolute atomic E-state index is 0.110. The molecule has 0 aromatic heterocycles. The van der Waals surface area contributed by atoms with Gasteiger partial charge in [-0.1, -0.05) is 39.7 Å². The van der Waals surface area contributed by atoms with Crippen LogP contribution in [0.5, 0.6) is 5.75 Å². The van der Waals surface area contributed by atoms with Gasteiger partial charge in [-0.25, -0.2) is 0 Å². The van der Waals surface area contributed by atoms with E-state index in [9.17, 15) is 4.79 Å². The molecule has 0 spiro atoms. The van der Waals surface area contributed by atoms with Crippen molar-refractivity contribution in [1.82, 2.24) is 5.32 Å². The molecule has 1 atom stereocenters. The first-order valence-electron chi connectivity index (χ1n) is 7.57. The number of hydrogen-bond donors (Lipinski definition) is 1. The van der Waals surface area contributed by atoms with Gasteiger partial charge in [-0.15, -0.1) is 0 Å². The zero-order chi connectivity index (χ0) is 17.4. The number of ether oxygens (including phenoxy) is 1. The van der Waals surface area contributed by atoms with E-state index >= 15 is 0 Å². The van der Waals surface area contributed by atoms with Crippen molar-refractivity contribution in [3.05, 3.63) is 63.6 Å². The zero-order valence-electron chi connectivity index (χ0n) is 13.3. The van der Waals surface area contributed by atoms with E-state index in [1.807, 2.05) is 48.5 Å². The normalized spacial score (nSPS) is 11.8. The average molecular weight is 429 g/mol.